The Labute approximate surface area is 108 Å². The first-order valence-electron chi connectivity index (χ1n) is 5.11. The number of rotatable bonds is 2. The van der Waals surface area contributed by atoms with Crippen LogP contribution in [0.25, 0.3) is 0 Å². The van der Waals surface area contributed by atoms with E-state index < -0.39 is 5.82 Å². The highest BCUT2D eigenvalue weighted by Crippen LogP contribution is 2.27. The van der Waals surface area contributed by atoms with Crippen LogP contribution in [0.2, 0.25) is 5.15 Å². The summed E-state index contributed by atoms with van der Waals surface area (Å²) in [6.45, 7) is 1.52. The van der Waals surface area contributed by atoms with E-state index in [2.05, 4.69) is 4.98 Å². The average molecular weight is 263 g/mol. The first-order chi connectivity index (χ1) is 8.61. The summed E-state index contributed by atoms with van der Waals surface area (Å²) in [6.07, 6.45) is 0. The van der Waals surface area contributed by atoms with Gasteiger partial charge in [-0.3, -0.25) is 0 Å². The molecule has 1 heterocycles. The van der Waals surface area contributed by atoms with E-state index in [0.29, 0.717) is 0 Å². The maximum Gasteiger partial charge on any atom is 0.220 e. The predicted octanol–water partition coefficient (Wildman–Crippen LogP) is 3.85. The fraction of sp³-hybridized carbons (Fsp3) is 0.0769. The zero-order valence-corrected chi connectivity index (χ0v) is 10.2. The van der Waals surface area contributed by atoms with Gasteiger partial charge in [0.2, 0.25) is 5.88 Å². The fourth-order valence-electron chi connectivity index (χ4n) is 1.42. The van der Waals surface area contributed by atoms with Crippen LogP contribution in [0.4, 0.5) is 4.39 Å². The highest BCUT2D eigenvalue weighted by atomic mass is 35.5. The summed E-state index contributed by atoms with van der Waals surface area (Å²) in [5.74, 6) is -0.359. The van der Waals surface area contributed by atoms with Crippen molar-refractivity contribution >= 4 is 11.6 Å². The molecule has 0 aliphatic rings. The summed E-state index contributed by atoms with van der Waals surface area (Å²) in [7, 11) is 0. The zero-order chi connectivity index (χ0) is 13.1. The Morgan fingerprint density at radius 3 is 2.78 bits per heavy atom. The lowest BCUT2D eigenvalue weighted by atomic mass is 10.1. The number of ether oxygens (including phenoxy) is 1. The lowest BCUT2D eigenvalue weighted by molar-refractivity contribution is 0.425. The van der Waals surface area contributed by atoms with E-state index in [-0.39, 0.29) is 27.9 Å². The third-order valence-electron chi connectivity index (χ3n) is 2.38. The molecule has 0 N–H and O–H groups in total. The normalized spacial score (nSPS) is 9.89. The summed E-state index contributed by atoms with van der Waals surface area (Å²) < 4.78 is 19.2. The third kappa shape index (κ3) is 2.41. The molecular weight excluding hydrogens is 255 g/mol. The quantitative estimate of drug-likeness (QED) is 0.773. The highest BCUT2D eigenvalue weighted by molar-refractivity contribution is 6.29. The molecule has 2 aromatic rings. The van der Waals surface area contributed by atoms with Crippen LogP contribution in [0.5, 0.6) is 11.6 Å². The van der Waals surface area contributed by atoms with Gasteiger partial charge in [-0.05, 0) is 25.1 Å². The summed E-state index contributed by atoms with van der Waals surface area (Å²) in [4.78, 5) is 3.89. The SMILES string of the molecule is Cc1c(C#N)ccc(Oc2cccc(Cl)n2)c1F. The first kappa shape index (κ1) is 12.3. The average Bonchev–Trinajstić information content (AvgIpc) is 2.35. The fourth-order valence-corrected chi connectivity index (χ4v) is 1.58. The van der Waals surface area contributed by atoms with Gasteiger partial charge in [-0.1, -0.05) is 17.7 Å². The van der Waals surface area contributed by atoms with Gasteiger partial charge >= 0.3 is 0 Å². The second kappa shape index (κ2) is 5.03. The highest BCUT2D eigenvalue weighted by Gasteiger charge is 2.12. The van der Waals surface area contributed by atoms with Gasteiger partial charge in [0.15, 0.2) is 11.6 Å². The number of nitriles is 1. The lowest BCUT2D eigenvalue weighted by Crippen LogP contribution is -1.95. The van der Waals surface area contributed by atoms with Crippen molar-refractivity contribution < 1.29 is 9.13 Å². The van der Waals surface area contributed by atoms with Crippen molar-refractivity contribution in [2.45, 2.75) is 6.92 Å². The van der Waals surface area contributed by atoms with E-state index in [1.165, 1.54) is 19.1 Å². The number of hydrogen-bond donors (Lipinski definition) is 0. The molecule has 0 unspecified atom stereocenters. The zero-order valence-electron chi connectivity index (χ0n) is 9.45. The van der Waals surface area contributed by atoms with E-state index in [1.54, 1.807) is 18.2 Å². The molecule has 1 aromatic heterocycles. The van der Waals surface area contributed by atoms with Gasteiger partial charge in [0.05, 0.1) is 11.6 Å². The van der Waals surface area contributed by atoms with Crippen molar-refractivity contribution in [1.29, 1.82) is 5.26 Å². The Morgan fingerprint density at radius 1 is 1.33 bits per heavy atom. The van der Waals surface area contributed by atoms with Crippen molar-refractivity contribution in [3.63, 3.8) is 0 Å². The van der Waals surface area contributed by atoms with Crippen LogP contribution in [0.15, 0.2) is 30.3 Å². The number of benzene rings is 1. The summed E-state index contributed by atoms with van der Waals surface area (Å²) in [5, 5.41) is 9.03. The molecule has 0 spiro atoms. The molecule has 0 radical (unpaired) electrons. The van der Waals surface area contributed by atoms with E-state index >= 15 is 0 Å². The van der Waals surface area contributed by atoms with Crippen molar-refractivity contribution in [3.8, 4) is 17.7 Å². The number of nitrogens with zero attached hydrogens (tertiary/aromatic N) is 2. The van der Waals surface area contributed by atoms with Crippen molar-refractivity contribution in [1.82, 2.24) is 4.98 Å². The number of halogens is 2. The van der Waals surface area contributed by atoms with E-state index in [9.17, 15) is 4.39 Å². The van der Waals surface area contributed by atoms with Gasteiger partial charge in [-0.15, -0.1) is 0 Å². The molecule has 90 valence electrons. The molecule has 0 saturated carbocycles. The Hall–Kier alpha value is -2.12. The minimum Gasteiger partial charge on any atom is -0.436 e. The molecule has 1 aromatic carbocycles. The van der Waals surface area contributed by atoms with Crippen molar-refractivity contribution in [2.24, 2.45) is 0 Å². The molecule has 0 bridgehead atoms. The molecule has 0 aliphatic carbocycles. The molecule has 2 rings (SSSR count). The van der Waals surface area contributed by atoms with Crippen LogP contribution in [-0.2, 0) is 0 Å². The number of hydrogen-bond acceptors (Lipinski definition) is 3. The minimum absolute atomic E-state index is 0.0151. The van der Waals surface area contributed by atoms with Crippen LogP contribution in [-0.4, -0.2) is 4.98 Å². The number of pyridine rings is 1. The maximum absolute atomic E-state index is 13.9. The second-order valence-corrected chi connectivity index (χ2v) is 3.95. The van der Waals surface area contributed by atoms with Gasteiger partial charge in [0.1, 0.15) is 5.15 Å². The van der Waals surface area contributed by atoms with Crippen LogP contribution in [0.3, 0.4) is 0 Å². The standard InChI is InChI=1S/C13H8ClFN2O/c1-8-9(7-16)5-6-10(13(8)15)18-12-4-2-3-11(14)17-12/h2-6H,1H3. The van der Waals surface area contributed by atoms with Crippen LogP contribution >= 0.6 is 11.6 Å². The summed E-state index contributed by atoms with van der Waals surface area (Å²) in [5.41, 5.74) is 0.524. The van der Waals surface area contributed by atoms with Crippen molar-refractivity contribution in [3.05, 3.63) is 52.4 Å². The maximum atomic E-state index is 13.9. The van der Waals surface area contributed by atoms with E-state index in [0.717, 1.165) is 0 Å². The molecule has 18 heavy (non-hydrogen) atoms. The lowest BCUT2D eigenvalue weighted by Gasteiger charge is -2.08. The molecule has 5 heteroatoms. The number of aromatic nitrogens is 1. The van der Waals surface area contributed by atoms with Gasteiger partial charge in [-0.25, -0.2) is 9.37 Å². The molecule has 3 nitrogen and oxygen atoms in total. The summed E-state index contributed by atoms with van der Waals surface area (Å²) in [6, 6.07) is 9.61. The largest absolute Gasteiger partial charge is 0.436 e. The minimum atomic E-state index is -0.573. The van der Waals surface area contributed by atoms with Gasteiger partial charge in [0.25, 0.3) is 0 Å². The van der Waals surface area contributed by atoms with Crippen LogP contribution in [0, 0.1) is 24.1 Å². The van der Waals surface area contributed by atoms with Crippen molar-refractivity contribution in [2.75, 3.05) is 0 Å². The van der Waals surface area contributed by atoms with Crippen LogP contribution in [0.1, 0.15) is 11.1 Å². The predicted molar refractivity (Wildman–Crippen MR) is 65.2 cm³/mol. The monoisotopic (exact) mass is 262 g/mol. The van der Waals surface area contributed by atoms with Gasteiger partial charge < -0.3 is 4.74 Å². The Kier molecular flexibility index (Phi) is 3.45. The molecule has 0 saturated heterocycles. The topological polar surface area (TPSA) is 45.9 Å². The Balaban J connectivity index is 2.36. The molecule has 0 atom stereocenters. The second-order valence-electron chi connectivity index (χ2n) is 3.56. The molecule has 0 fully saturated rings. The molecule has 0 amide bonds. The van der Waals surface area contributed by atoms with E-state index in [1.807, 2.05) is 6.07 Å². The van der Waals surface area contributed by atoms with Crippen LogP contribution < -0.4 is 4.74 Å². The smallest absolute Gasteiger partial charge is 0.220 e. The Morgan fingerprint density at radius 2 is 2.11 bits per heavy atom. The van der Waals surface area contributed by atoms with Gasteiger partial charge in [-0.2, -0.15) is 5.26 Å². The first-order valence-corrected chi connectivity index (χ1v) is 5.49. The summed E-state index contributed by atoms with van der Waals surface area (Å²) >= 11 is 5.70. The Bertz CT molecular complexity index is 637. The third-order valence-corrected chi connectivity index (χ3v) is 2.59. The van der Waals surface area contributed by atoms with E-state index in [4.69, 9.17) is 21.6 Å². The molecular formula is C13H8ClFN2O. The van der Waals surface area contributed by atoms with Gasteiger partial charge in [0, 0.05) is 11.6 Å². The molecule has 0 aliphatic heterocycles.